The van der Waals surface area contributed by atoms with Gasteiger partial charge in [0.2, 0.25) is 0 Å². The van der Waals surface area contributed by atoms with Gasteiger partial charge in [0.1, 0.15) is 24.0 Å². The fourth-order valence-electron chi connectivity index (χ4n) is 3.16. The molecule has 24 heavy (non-hydrogen) atoms. The molecule has 0 spiro atoms. The smallest absolute Gasteiger partial charge is 0.325 e. The molecule has 0 atom stereocenters. The van der Waals surface area contributed by atoms with E-state index in [4.69, 9.17) is 0 Å². The first kappa shape index (κ1) is 15.6. The third-order valence-corrected chi connectivity index (χ3v) is 4.59. The van der Waals surface area contributed by atoms with Gasteiger partial charge in [0.05, 0.1) is 13.1 Å². The van der Waals surface area contributed by atoms with Crippen molar-refractivity contribution in [3.63, 3.8) is 0 Å². The summed E-state index contributed by atoms with van der Waals surface area (Å²) in [4.78, 5) is 6.15. The quantitative estimate of drug-likeness (QED) is 0.835. The number of nitrogens with zero attached hydrogens (tertiary/aromatic N) is 6. The summed E-state index contributed by atoms with van der Waals surface area (Å²) in [5.41, 5.74) is 0. The van der Waals surface area contributed by atoms with E-state index in [1.807, 2.05) is 0 Å². The highest BCUT2D eigenvalue weighted by Gasteiger charge is 2.30. The second-order valence-electron chi connectivity index (χ2n) is 6.63. The summed E-state index contributed by atoms with van der Waals surface area (Å²) in [6.45, 7) is 1.52. The zero-order valence-corrected chi connectivity index (χ0v) is 13.2. The van der Waals surface area contributed by atoms with Crippen LogP contribution in [0.15, 0.2) is 12.4 Å². The Morgan fingerprint density at radius 3 is 2.71 bits per heavy atom. The first-order chi connectivity index (χ1) is 11.5. The Balaban J connectivity index is 1.42. The van der Waals surface area contributed by atoms with E-state index in [1.165, 1.54) is 25.2 Å². The maximum absolute atomic E-state index is 12.6. The van der Waals surface area contributed by atoms with Crippen LogP contribution in [-0.2, 0) is 32.6 Å². The maximum atomic E-state index is 12.6. The van der Waals surface area contributed by atoms with E-state index in [9.17, 15) is 13.2 Å². The van der Waals surface area contributed by atoms with Crippen LogP contribution in [0.25, 0.3) is 0 Å². The first-order valence-corrected chi connectivity index (χ1v) is 8.18. The number of hydrogen-bond acceptors (Lipinski definition) is 4. The fraction of sp³-hybridized carbons (Fsp3) is 0.667. The molecule has 0 amide bonds. The molecule has 0 aromatic carbocycles. The molecule has 0 bridgehead atoms. The van der Waals surface area contributed by atoms with Crippen molar-refractivity contribution in [1.82, 2.24) is 29.2 Å². The van der Waals surface area contributed by atoms with Crippen LogP contribution in [0.5, 0.6) is 0 Å². The van der Waals surface area contributed by atoms with E-state index in [0.29, 0.717) is 18.9 Å². The SMILES string of the molecule is FC(F)(F)Cn1ccnc1CN1CCn2c(CC3CC3)nnc2C1. The maximum Gasteiger partial charge on any atom is 0.406 e. The molecule has 0 unspecified atom stereocenters. The summed E-state index contributed by atoms with van der Waals surface area (Å²) < 4.78 is 41.1. The summed E-state index contributed by atoms with van der Waals surface area (Å²) in [7, 11) is 0. The van der Waals surface area contributed by atoms with Gasteiger partial charge in [0, 0.05) is 31.9 Å². The molecule has 1 fully saturated rings. The summed E-state index contributed by atoms with van der Waals surface area (Å²) in [5.74, 6) is 3.13. The normalized spacial score (nSPS) is 18.8. The molecule has 1 aliphatic carbocycles. The van der Waals surface area contributed by atoms with Gasteiger partial charge >= 0.3 is 6.18 Å². The zero-order chi connectivity index (χ0) is 16.7. The van der Waals surface area contributed by atoms with Crippen LogP contribution < -0.4 is 0 Å². The Morgan fingerprint density at radius 1 is 1.12 bits per heavy atom. The van der Waals surface area contributed by atoms with Crippen molar-refractivity contribution in [2.45, 2.75) is 51.6 Å². The zero-order valence-electron chi connectivity index (χ0n) is 13.2. The predicted molar refractivity (Wildman–Crippen MR) is 78.8 cm³/mol. The average molecular weight is 340 g/mol. The van der Waals surface area contributed by atoms with Crippen molar-refractivity contribution < 1.29 is 13.2 Å². The second-order valence-corrected chi connectivity index (χ2v) is 6.63. The van der Waals surface area contributed by atoms with Crippen LogP contribution in [0.3, 0.4) is 0 Å². The molecule has 0 N–H and O–H groups in total. The Morgan fingerprint density at radius 2 is 1.96 bits per heavy atom. The Labute approximate surface area is 137 Å². The number of rotatable bonds is 5. The fourth-order valence-corrected chi connectivity index (χ4v) is 3.16. The molecule has 1 aliphatic heterocycles. The minimum Gasteiger partial charge on any atom is -0.325 e. The van der Waals surface area contributed by atoms with Gasteiger partial charge in [-0.05, 0) is 18.8 Å². The summed E-state index contributed by atoms with van der Waals surface area (Å²) >= 11 is 0. The first-order valence-electron chi connectivity index (χ1n) is 8.18. The molecular weight excluding hydrogens is 321 g/mol. The standard InChI is InChI=1S/C15H19F3N6/c16-15(17,18)10-23-4-3-19-13(23)8-22-5-6-24-12(7-11-1-2-11)20-21-14(24)9-22/h3-4,11H,1-2,5-10H2. The van der Waals surface area contributed by atoms with Gasteiger partial charge < -0.3 is 9.13 Å². The van der Waals surface area contributed by atoms with Gasteiger partial charge in [0.15, 0.2) is 0 Å². The largest absolute Gasteiger partial charge is 0.406 e. The van der Waals surface area contributed by atoms with E-state index in [1.54, 1.807) is 0 Å². The molecular formula is C15H19F3N6. The lowest BCUT2D eigenvalue weighted by molar-refractivity contribution is -0.141. The lowest BCUT2D eigenvalue weighted by atomic mass is 10.2. The highest BCUT2D eigenvalue weighted by atomic mass is 19.4. The van der Waals surface area contributed by atoms with Gasteiger partial charge in [-0.25, -0.2) is 4.98 Å². The van der Waals surface area contributed by atoms with Crippen molar-refractivity contribution >= 4 is 0 Å². The van der Waals surface area contributed by atoms with Gasteiger partial charge in [0.25, 0.3) is 0 Å². The van der Waals surface area contributed by atoms with Crippen LogP contribution in [0.2, 0.25) is 0 Å². The molecule has 2 aliphatic rings. The van der Waals surface area contributed by atoms with Crippen LogP contribution in [0, 0.1) is 5.92 Å². The minimum absolute atomic E-state index is 0.383. The Bertz CT molecular complexity index is 715. The molecule has 3 heterocycles. The van der Waals surface area contributed by atoms with E-state index >= 15 is 0 Å². The summed E-state index contributed by atoms with van der Waals surface area (Å²) in [5, 5.41) is 8.56. The number of fused-ring (bicyclic) bond motifs is 1. The van der Waals surface area contributed by atoms with Crippen LogP contribution in [0.4, 0.5) is 13.2 Å². The molecule has 2 aromatic heterocycles. The van der Waals surface area contributed by atoms with E-state index in [0.717, 1.165) is 41.6 Å². The Kier molecular flexibility index (Phi) is 3.82. The highest BCUT2D eigenvalue weighted by Crippen LogP contribution is 2.32. The Hall–Kier alpha value is -1.90. The highest BCUT2D eigenvalue weighted by molar-refractivity contribution is 5.03. The molecule has 1 saturated carbocycles. The molecule has 6 nitrogen and oxygen atoms in total. The van der Waals surface area contributed by atoms with Gasteiger partial charge in [-0.1, -0.05) is 0 Å². The lowest BCUT2D eigenvalue weighted by Gasteiger charge is -2.27. The lowest BCUT2D eigenvalue weighted by Crippen LogP contribution is -2.35. The van der Waals surface area contributed by atoms with E-state index < -0.39 is 12.7 Å². The molecule has 9 heteroatoms. The number of alkyl halides is 3. The summed E-state index contributed by atoms with van der Waals surface area (Å²) in [6.07, 6.45) is 2.09. The van der Waals surface area contributed by atoms with E-state index in [2.05, 4.69) is 24.6 Å². The van der Waals surface area contributed by atoms with E-state index in [-0.39, 0.29) is 0 Å². The molecule has 2 aromatic rings. The number of hydrogen-bond donors (Lipinski definition) is 0. The van der Waals surface area contributed by atoms with Crippen LogP contribution >= 0.6 is 0 Å². The monoisotopic (exact) mass is 340 g/mol. The van der Waals surface area contributed by atoms with Gasteiger partial charge in [-0.3, -0.25) is 4.90 Å². The number of imidazole rings is 1. The van der Waals surface area contributed by atoms with Gasteiger partial charge in [-0.15, -0.1) is 10.2 Å². The third kappa shape index (κ3) is 3.45. The minimum atomic E-state index is -4.24. The number of halogens is 3. The van der Waals surface area contributed by atoms with Crippen molar-refractivity contribution in [3.05, 3.63) is 29.9 Å². The molecule has 130 valence electrons. The molecule has 0 saturated heterocycles. The molecule has 4 rings (SSSR count). The van der Waals surface area contributed by atoms with Crippen molar-refractivity contribution in [3.8, 4) is 0 Å². The van der Waals surface area contributed by atoms with Crippen LogP contribution in [-0.4, -0.2) is 41.9 Å². The number of aromatic nitrogens is 5. The van der Waals surface area contributed by atoms with Crippen LogP contribution in [0.1, 0.15) is 30.3 Å². The van der Waals surface area contributed by atoms with Crippen molar-refractivity contribution in [2.24, 2.45) is 5.92 Å². The molecule has 0 radical (unpaired) electrons. The average Bonchev–Trinajstić information content (AvgIpc) is 3.10. The third-order valence-electron chi connectivity index (χ3n) is 4.59. The second kappa shape index (κ2) is 5.87. The topological polar surface area (TPSA) is 51.8 Å². The van der Waals surface area contributed by atoms with Gasteiger partial charge in [-0.2, -0.15) is 13.2 Å². The predicted octanol–water partition coefficient (Wildman–Crippen LogP) is 2.01. The summed E-state index contributed by atoms with van der Waals surface area (Å²) in [6, 6.07) is 0. The van der Waals surface area contributed by atoms with Crippen molar-refractivity contribution in [2.75, 3.05) is 6.54 Å². The van der Waals surface area contributed by atoms with Crippen molar-refractivity contribution in [1.29, 1.82) is 0 Å².